The first-order valence-corrected chi connectivity index (χ1v) is 8.39. The largest absolute Gasteiger partial charge is 0.383 e. The van der Waals surface area contributed by atoms with Gasteiger partial charge in [0.2, 0.25) is 0 Å². The molecule has 3 aromatic rings. The number of fused-ring (bicyclic) bond motifs is 1. The van der Waals surface area contributed by atoms with E-state index in [-0.39, 0.29) is 11.3 Å². The zero-order valence-corrected chi connectivity index (χ0v) is 15.4. The van der Waals surface area contributed by atoms with Crippen LogP contribution in [0.1, 0.15) is 26.4 Å². The topological polar surface area (TPSA) is 136 Å². The summed E-state index contributed by atoms with van der Waals surface area (Å²) in [7, 11) is 3.34. The van der Waals surface area contributed by atoms with Gasteiger partial charge >= 0.3 is 0 Å². The lowest BCUT2D eigenvalue weighted by Crippen LogP contribution is -2.13. The van der Waals surface area contributed by atoms with Crippen molar-refractivity contribution in [2.45, 2.75) is 0 Å². The molecule has 1 amide bonds. The molecule has 3 rings (SSSR count). The van der Waals surface area contributed by atoms with Crippen LogP contribution in [0.2, 0.25) is 0 Å². The molecule has 0 aliphatic heterocycles. The number of carbonyl (C=O) groups is 2. The third kappa shape index (κ3) is 3.28. The zero-order chi connectivity index (χ0) is 20.3. The molecule has 0 atom stereocenters. The van der Waals surface area contributed by atoms with Crippen molar-refractivity contribution in [1.29, 1.82) is 5.26 Å². The number of methoxy groups -OCH3 is 1. The van der Waals surface area contributed by atoms with E-state index in [1.165, 1.54) is 6.20 Å². The predicted molar refractivity (Wildman–Crippen MR) is 103 cm³/mol. The minimum atomic E-state index is -0.684. The Kier molecular flexibility index (Phi) is 5.33. The lowest BCUT2D eigenvalue weighted by molar-refractivity contribution is 0.100. The van der Waals surface area contributed by atoms with E-state index in [0.717, 1.165) is 0 Å². The van der Waals surface area contributed by atoms with Crippen molar-refractivity contribution in [1.82, 2.24) is 14.5 Å². The van der Waals surface area contributed by atoms with Crippen LogP contribution in [-0.2, 0) is 11.8 Å². The molecule has 3 heterocycles. The van der Waals surface area contributed by atoms with Crippen molar-refractivity contribution in [2.24, 2.45) is 12.8 Å². The number of hydrogen-bond acceptors (Lipinski definition) is 7. The number of primary amides is 1. The van der Waals surface area contributed by atoms with Crippen LogP contribution in [-0.4, -0.2) is 47.0 Å². The monoisotopic (exact) mass is 378 g/mol. The average molecular weight is 378 g/mol. The molecule has 0 unspecified atom stereocenters. The first-order valence-electron chi connectivity index (χ1n) is 8.39. The Morgan fingerprint density at radius 3 is 2.89 bits per heavy atom. The van der Waals surface area contributed by atoms with Gasteiger partial charge < -0.3 is 20.4 Å². The number of rotatable bonds is 7. The maximum Gasteiger partial charge on any atom is 0.253 e. The fourth-order valence-electron chi connectivity index (χ4n) is 3.03. The standard InChI is InChI=1S/C19H18N6O3/c1-25-15-4-3-12(10-26)24-17(15)16(19(21)27)18(25)14-7-13(22-5-6-28-2)11(8-20)9-23-14/h3-4,7,9-10H,5-6H2,1-2H3,(H2,21,27)(H,22,23). The van der Waals surface area contributed by atoms with Gasteiger partial charge in [-0.05, 0) is 18.2 Å². The molecule has 0 aliphatic rings. The molecule has 0 aromatic carbocycles. The number of pyridine rings is 2. The van der Waals surface area contributed by atoms with Crippen molar-refractivity contribution in [3.63, 3.8) is 0 Å². The number of aldehydes is 1. The number of amides is 1. The van der Waals surface area contributed by atoms with Crippen molar-refractivity contribution in [3.8, 4) is 17.5 Å². The van der Waals surface area contributed by atoms with Gasteiger partial charge in [0.1, 0.15) is 17.3 Å². The highest BCUT2D eigenvalue weighted by Crippen LogP contribution is 2.32. The van der Waals surface area contributed by atoms with Gasteiger partial charge in [-0.2, -0.15) is 5.26 Å². The average Bonchev–Trinajstić information content (AvgIpc) is 3.00. The molecule has 3 N–H and O–H groups in total. The summed E-state index contributed by atoms with van der Waals surface area (Å²) in [5.41, 5.74) is 8.77. The van der Waals surface area contributed by atoms with Crippen LogP contribution >= 0.6 is 0 Å². The number of ether oxygens (including phenoxy) is 1. The molecule has 0 radical (unpaired) electrons. The Bertz CT molecular complexity index is 1110. The molecule has 142 valence electrons. The quantitative estimate of drug-likeness (QED) is 0.469. The molecule has 9 heteroatoms. The summed E-state index contributed by atoms with van der Waals surface area (Å²) in [6.45, 7) is 0.957. The molecule has 0 saturated carbocycles. The van der Waals surface area contributed by atoms with Gasteiger partial charge in [0.25, 0.3) is 5.91 Å². The maximum absolute atomic E-state index is 12.2. The van der Waals surface area contributed by atoms with E-state index in [9.17, 15) is 14.9 Å². The van der Waals surface area contributed by atoms with Crippen molar-refractivity contribution in [3.05, 3.63) is 41.2 Å². The summed E-state index contributed by atoms with van der Waals surface area (Å²) in [5.74, 6) is -0.684. The van der Waals surface area contributed by atoms with E-state index in [4.69, 9.17) is 10.5 Å². The van der Waals surface area contributed by atoms with E-state index < -0.39 is 5.91 Å². The fourth-order valence-corrected chi connectivity index (χ4v) is 3.03. The normalized spacial score (nSPS) is 10.6. The van der Waals surface area contributed by atoms with E-state index in [1.807, 2.05) is 0 Å². The third-order valence-electron chi connectivity index (χ3n) is 4.32. The van der Waals surface area contributed by atoms with Gasteiger partial charge in [-0.3, -0.25) is 14.6 Å². The Balaban J connectivity index is 2.23. The molecule has 9 nitrogen and oxygen atoms in total. The van der Waals surface area contributed by atoms with Crippen LogP contribution in [0, 0.1) is 11.3 Å². The van der Waals surface area contributed by atoms with Gasteiger partial charge in [0.05, 0.1) is 40.3 Å². The van der Waals surface area contributed by atoms with E-state index >= 15 is 0 Å². The summed E-state index contributed by atoms with van der Waals surface area (Å²) >= 11 is 0. The summed E-state index contributed by atoms with van der Waals surface area (Å²) in [6, 6.07) is 7.02. The second kappa shape index (κ2) is 7.85. The summed E-state index contributed by atoms with van der Waals surface area (Å²) in [4.78, 5) is 31.9. The molecule has 0 fully saturated rings. The predicted octanol–water partition coefficient (Wildman–Crippen LogP) is 1.48. The number of nitrogens with two attached hydrogens (primary N) is 1. The van der Waals surface area contributed by atoms with E-state index in [2.05, 4.69) is 21.4 Å². The van der Waals surface area contributed by atoms with Crippen LogP contribution in [0.4, 0.5) is 5.69 Å². The Morgan fingerprint density at radius 2 is 2.25 bits per heavy atom. The molecule has 0 spiro atoms. The van der Waals surface area contributed by atoms with Crippen LogP contribution in [0.5, 0.6) is 0 Å². The molecule has 0 aliphatic carbocycles. The Morgan fingerprint density at radius 1 is 1.46 bits per heavy atom. The van der Waals surface area contributed by atoms with Gasteiger partial charge in [-0.15, -0.1) is 0 Å². The number of nitriles is 1. The van der Waals surface area contributed by atoms with E-state index in [1.54, 1.807) is 36.9 Å². The lowest BCUT2D eigenvalue weighted by Gasteiger charge is -2.11. The van der Waals surface area contributed by atoms with Gasteiger partial charge in [-0.1, -0.05) is 0 Å². The van der Waals surface area contributed by atoms with Gasteiger partial charge in [0, 0.05) is 26.9 Å². The third-order valence-corrected chi connectivity index (χ3v) is 4.32. The highest BCUT2D eigenvalue weighted by molar-refractivity contribution is 6.11. The Hall–Kier alpha value is -3.77. The number of aromatic nitrogens is 3. The van der Waals surface area contributed by atoms with Crippen LogP contribution in [0.15, 0.2) is 24.4 Å². The SMILES string of the molecule is COCCNc1cc(-c2c(C(N)=O)c3nc(C=O)ccc3n2C)ncc1C#N. The second-order valence-electron chi connectivity index (χ2n) is 6.02. The number of nitrogens with zero attached hydrogens (tertiary/aromatic N) is 4. The number of nitrogens with one attached hydrogen (secondary N) is 1. The van der Waals surface area contributed by atoms with Crippen LogP contribution in [0.25, 0.3) is 22.4 Å². The lowest BCUT2D eigenvalue weighted by atomic mass is 10.1. The molecule has 28 heavy (non-hydrogen) atoms. The first kappa shape index (κ1) is 19.0. The number of hydrogen-bond donors (Lipinski definition) is 2. The molecule has 0 bridgehead atoms. The number of anilines is 1. The minimum absolute atomic E-state index is 0.168. The highest BCUT2D eigenvalue weighted by atomic mass is 16.5. The smallest absolute Gasteiger partial charge is 0.253 e. The van der Waals surface area contributed by atoms with Gasteiger partial charge in [-0.25, -0.2) is 4.98 Å². The van der Waals surface area contributed by atoms with Gasteiger partial charge in [0.15, 0.2) is 6.29 Å². The second-order valence-corrected chi connectivity index (χ2v) is 6.02. The summed E-state index contributed by atoms with van der Waals surface area (Å²) < 4.78 is 6.76. The van der Waals surface area contributed by atoms with Crippen LogP contribution in [0.3, 0.4) is 0 Å². The summed E-state index contributed by atoms with van der Waals surface area (Å²) in [5, 5.41) is 12.4. The molecule has 0 saturated heterocycles. The molecular weight excluding hydrogens is 360 g/mol. The molecule has 3 aromatic heterocycles. The highest BCUT2D eigenvalue weighted by Gasteiger charge is 2.23. The van der Waals surface area contributed by atoms with Crippen molar-refractivity contribution >= 4 is 28.9 Å². The van der Waals surface area contributed by atoms with Crippen molar-refractivity contribution in [2.75, 3.05) is 25.6 Å². The summed E-state index contributed by atoms with van der Waals surface area (Å²) in [6.07, 6.45) is 2.03. The molecular formula is C19H18N6O3. The van der Waals surface area contributed by atoms with Crippen molar-refractivity contribution < 1.29 is 14.3 Å². The number of carbonyl (C=O) groups excluding carboxylic acids is 2. The Labute approximate surface area is 160 Å². The minimum Gasteiger partial charge on any atom is -0.383 e. The maximum atomic E-state index is 12.2. The first-order chi connectivity index (χ1) is 13.5. The van der Waals surface area contributed by atoms with Crippen LogP contribution < -0.4 is 11.1 Å². The fraction of sp³-hybridized carbons (Fsp3) is 0.211. The van der Waals surface area contributed by atoms with E-state index in [0.29, 0.717) is 53.1 Å². The zero-order valence-electron chi connectivity index (χ0n) is 15.4. The number of aryl methyl sites for hydroxylation is 1.